The van der Waals surface area contributed by atoms with Gasteiger partial charge in [0, 0.05) is 47.4 Å². The van der Waals surface area contributed by atoms with Crippen LogP contribution in [-0.2, 0) is 11.2 Å². The van der Waals surface area contributed by atoms with Crippen LogP contribution in [0.3, 0.4) is 0 Å². The van der Waals surface area contributed by atoms with Crippen molar-refractivity contribution in [3.63, 3.8) is 0 Å². The van der Waals surface area contributed by atoms with Gasteiger partial charge in [-0.05, 0) is 99.0 Å². The quantitative estimate of drug-likeness (QED) is 0.228. The van der Waals surface area contributed by atoms with E-state index in [0.29, 0.717) is 29.7 Å². The molecule has 3 amide bonds. The van der Waals surface area contributed by atoms with Gasteiger partial charge in [0.1, 0.15) is 5.82 Å². The molecule has 1 aliphatic heterocycles. The topological polar surface area (TPSA) is 105 Å². The van der Waals surface area contributed by atoms with Crippen LogP contribution in [0.1, 0.15) is 84.2 Å². The minimum Gasteiger partial charge on any atom is -0.347 e. The lowest BCUT2D eigenvalue weighted by Crippen LogP contribution is -2.50. The van der Waals surface area contributed by atoms with Crippen molar-refractivity contribution in [2.24, 2.45) is 11.7 Å². The molecule has 7 nitrogen and oxygen atoms in total. The van der Waals surface area contributed by atoms with Crippen molar-refractivity contribution in [1.82, 2.24) is 10.2 Å². The zero-order valence-electron chi connectivity index (χ0n) is 26.0. The number of aryl methyl sites for hydroxylation is 1. The number of rotatable bonds is 12. The van der Waals surface area contributed by atoms with Gasteiger partial charge in [-0.2, -0.15) is 0 Å². The predicted molar refractivity (Wildman–Crippen MR) is 173 cm³/mol. The van der Waals surface area contributed by atoms with Crippen LogP contribution < -0.4 is 16.4 Å². The number of hydrogen-bond acceptors (Lipinski definition) is 4. The number of nitrogens with two attached hydrogens (primary N) is 1. The average Bonchev–Trinajstić information content (AvgIpc) is 3.02. The molecule has 4 N–H and O–H groups in total. The van der Waals surface area contributed by atoms with Crippen molar-refractivity contribution in [2.75, 3.05) is 11.9 Å². The van der Waals surface area contributed by atoms with Crippen LogP contribution in [0, 0.1) is 18.7 Å². The molecule has 1 unspecified atom stereocenters. The zero-order chi connectivity index (χ0) is 31.6. The van der Waals surface area contributed by atoms with Gasteiger partial charge < -0.3 is 21.3 Å². The Labute approximate surface area is 260 Å². The summed E-state index contributed by atoms with van der Waals surface area (Å²) in [5.74, 6) is -1.42. The van der Waals surface area contributed by atoms with Gasteiger partial charge in [-0.3, -0.25) is 14.4 Å². The van der Waals surface area contributed by atoms with Gasteiger partial charge in [0.2, 0.25) is 5.91 Å². The summed E-state index contributed by atoms with van der Waals surface area (Å²) in [6, 6.07) is 19.9. The SMILES string of the molecule is CCCC1CCCCN1C(=O)c1cc(C)cc(C(=O)N[C@@H](Cc2ccccc2)[C@@H](N)C[C@@H](C)C(=O)Nc2ccc(F)cc2)c1. The largest absolute Gasteiger partial charge is 0.347 e. The maximum absolute atomic E-state index is 13.7. The van der Waals surface area contributed by atoms with E-state index in [4.69, 9.17) is 5.73 Å². The van der Waals surface area contributed by atoms with Gasteiger partial charge in [0.25, 0.3) is 11.8 Å². The van der Waals surface area contributed by atoms with E-state index in [2.05, 4.69) is 17.6 Å². The number of nitrogens with zero attached hydrogens (tertiary/aromatic N) is 1. The number of piperidine rings is 1. The second-order valence-electron chi connectivity index (χ2n) is 12.1. The molecular formula is C36H45FN4O3. The normalized spacial score (nSPS) is 16.9. The molecule has 4 atom stereocenters. The van der Waals surface area contributed by atoms with Crippen LogP contribution in [0.4, 0.5) is 10.1 Å². The van der Waals surface area contributed by atoms with E-state index in [-0.39, 0.29) is 29.6 Å². The summed E-state index contributed by atoms with van der Waals surface area (Å²) in [5.41, 5.74) is 9.96. The highest BCUT2D eigenvalue weighted by atomic mass is 19.1. The van der Waals surface area contributed by atoms with Crippen LogP contribution in [-0.4, -0.2) is 47.3 Å². The highest BCUT2D eigenvalue weighted by molar-refractivity contribution is 6.00. The molecule has 1 aliphatic rings. The van der Waals surface area contributed by atoms with Crippen LogP contribution in [0.5, 0.6) is 0 Å². The molecule has 3 aromatic carbocycles. The Bertz CT molecular complexity index is 1410. The first-order valence-electron chi connectivity index (χ1n) is 15.7. The Balaban J connectivity index is 1.50. The molecule has 4 rings (SSSR count). The predicted octanol–water partition coefficient (Wildman–Crippen LogP) is 6.26. The Morgan fingerprint density at radius 2 is 1.70 bits per heavy atom. The Hall–Kier alpha value is -4.04. The number of amides is 3. The minimum atomic E-state index is -0.540. The molecule has 1 fully saturated rings. The van der Waals surface area contributed by atoms with Crippen molar-refractivity contribution >= 4 is 23.4 Å². The third-order valence-corrected chi connectivity index (χ3v) is 8.41. The van der Waals surface area contributed by atoms with Crippen molar-refractivity contribution < 1.29 is 18.8 Å². The highest BCUT2D eigenvalue weighted by Gasteiger charge is 2.29. The van der Waals surface area contributed by atoms with E-state index in [0.717, 1.165) is 49.8 Å². The van der Waals surface area contributed by atoms with Crippen LogP contribution in [0.25, 0.3) is 0 Å². The summed E-state index contributed by atoms with van der Waals surface area (Å²) >= 11 is 0. The number of nitrogens with one attached hydrogen (secondary N) is 2. The molecular weight excluding hydrogens is 555 g/mol. The van der Waals surface area contributed by atoms with Gasteiger partial charge >= 0.3 is 0 Å². The van der Waals surface area contributed by atoms with E-state index >= 15 is 0 Å². The second kappa shape index (κ2) is 15.6. The van der Waals surface area contributed by atoms with E-state index in [1.165, 1.54) is 24.3 Å². The molecule has 0 saturated carbocycles. The number of anilines is 1. The van der Waals surface area contributed by atoms with Gasteiger partial charge in [-0.1, -0.05) is 50.6 Å². The fraction of sp³-hybridized carbons (Fsp3) is 0.417. The van der Waals surface area contributed by atoms with E-state index in [9.17, 15) is 18.8 Å². The lowest BCUT2D eigenvalue weighted by Gasteiger charge is -2.36. The molecule has 0 radical (unpaired) electrons. The molecule has 234 valence electrons. The van der Waals surface area contributed by atoms with Crippen molar-refractivity contribution in [1.29, 1.82) is 0 Å². The first kappa shape index (κ1) is 32.9. The summed E-state index contributed by atoms with van der Waals surface area (Å²) in [5, 5.41) is 5.93. The van der Waals surface area contributed by atoms with Gasteiger partial charge in [-0.25, -0.2) is 4.39 Å². The number of hydrogen-bond donors (Lipinski definition) is 3. The number of carbonyl (C=O) groups excluding carboxylic acids is 3. The summed E-state index contributed by atoms with van der Waals surface area (Å²) in [6.45, 7) is 6.55. The van der Waals surface area contributed by atoms with E-state index < -0.39 is 18.0 Å². The van der Waals surface area contributed by atoms with E-state index in [1.54, 1.807) is 19.1 Å². The van der Waals surface area contributed by atoms with Crippen LogP contribution >= 0.6 is 0 Å². The monoisotopic (exact) mass is 600 g/mol. The van der Waals surface area contributed by atoms with Gasteiger partial charge in [0.15, 0.2) is 0 Å². The standard InChI is InChI=1S/C36H45FN4O3/c1-4-10-31-13-8-9-18-41(31)36(44)28-20-24(2)19-27(23-28)35(43)40-33(22-26-11-6-5-7-12-26)32(38)21-25(3)34(42)39-30-16-14-29(37)15-17-30/h5-7,11-12,14-17,19-20,23,25,31-33H,4,8-10,13,18,21-22,38H2,1-3H3,(H,39,42)(H,40,43)/t25-,31?,32+,33+/m1/s1. The lowest BCUT2D eigenvalue weighted by molar-refractivity contribution is -0.119. The summed E-state index contributed by atoms with van der Waals surface area (Å²) in [7, 11) is 0. The van der Waals surface area contributed by atoms with Crippen molar-refractivity contribution in [3.05, 3.63) is 101 Å². The zero-order valence-corrected chi connectivity index (χ0v) is 26.0. The summed E-state index contributed by atoms with van der Waals surface area (Å²) < 4.78 is 13.3. The maximum atomic E-state index is 13.7. The average molecular weight is 601 g/mol. The first-order chi connectivity index (χ1) is 21.1. The molecule has 44 heavy (non-hydrogen) atoms. The lowest BCUT2D eigenvalue weighted by atomic mass is 9.91. The smallest absolute Gasteiger partial charge is 0.254 e. The van der Waals surface area contributed by atoms with Crippen molar-refractivity contribution in [2.45, 2.75) is 83.8 Å². The fourth-order valence-electron chi connectivity index (χ4n) is 6.01. The Morgan fingerprint density at radius 3 is 2.41 bits per heavy atom. The number of likely N-dealkylation sites (tertiary alicyclic amines) is 1. The Morgan fingerprint density at radius 1 is 1.00 bits per heavy atom. The molecule has 0 aliphatic carbocycles. The molecule has 1 saturated heterocycles. The van der Waals surface area contributed by atoms with E-state index in [1.807, 2.05) is 48.2 Å². The second-order valence-corrected chi connectivity index (χ2v) is 12.1. The number of carbonyl (C=O) groups is 3. The van der Waals surface area contributed by atoms with Crippen LogP contribution in [0.15, 0.2) is 72.8 Å². The molecule has 1 heterocycles. The molecule has 0 spiro atoms. The molecule has 0 aromatic heterocycles. The van der Waals surface area contributed by atoms with Gasteiger partial charge in [-0.15, -0.1) is 0 Å². The number of halogens is 1. The van der Waals surface area contributed by atoms with Gasteiger partial charge in [0.05, 0.1) is 0 Å². The Kier molecular flexibility index (Phi) is 11.7. The third-order valence-electron chi connectivity index (χ3n) is 8.41. The van der Waals surface area contributed by atoms with Crippen molar-refractivity contribution in [3.8, 4) is 0 Å². The summed E-state index contributed by atoms with van der Waals surface area (Å²) in [6.07, 6.45) is 5.92. The molecule has 0 bridgehead atoms. The molecule has 8 heteroatoms. The van der Waals surface area contributed by atoms with Crippen LogP contribution in [0.2, 0.25) is 0 Å². The third kappa shape index (κ3) is 8.99. The molecule has 3 aromatic rings. The fourth-order valence-corrected chi connectivity index (χ4v) is 6.01. The minimum absolute atomic E-state index is 0.0283. The summed E-state index contributed by atoms with van der Waals surface area (Å²) in [4.78, 5) is 42.2. The first-order valence-corrected chi connectivity index (χ1v) is 15.7. The number of benzene rings is 3. The maximum Gasteiger partial charge on any atom is 0.254 e. The highest BCUT2D eigenvalue weighted by Crippen LogP contribution is 2.24.